The maximum atomic E-state index is 16.0. The van der Waals surface area contributed by atoms with E-state index in [4.69, 9.17) is 0 Å². The zero-order valence-electron chi connectivity index (χ0n) is 48.6. The van der Waals surface area contributed by atoms with Crippen molar-refractivity contribution in [3.8, 4) is 55.9 Å². The van der Waals surface area contributed by atoms with E-state index < -0.39 is 0 Å². The standard InChI is InChI=1S/C80H44N6O4/c1-38-28-41(32-49(29-38)86-79(89)75-59-34-54(42-12-20-81-21-13-42)51-8-5-46-6-9-52-55(43-14-22-82-23-15-43)35-60(76(75)80(86)90)70-66(52)63(46)65(51)69(59)70)31-47-33-58-57(45-18-26-84-27-19-45)37-62-72-68(58)64-50(47)10-11-53-56(44-16-24-83-25-17-44)36-61(71(72)67(53)64)73-74(62)78(88)85(77(73)87)48-7-4-39(2)40(3)30-48/h4-30,32-37H,31H2,1-3H3. The molecule has 90 heavy (non-hydrogen) atoms. The predicted octanol–water partition coefficient (Wildman–Crippen LogP) is 16.8. The predicted molar refractivity (Wildman–Crippen MR) is 366 cm³/mol. The van der Waals surface area contributed by atoms with Gasteiger partial charge in [0, 0.05) is 49.6 Å². The minimum absolute atomic E-state index is 0.352. The molecule has 0 aliphatic heterocycles. The molecule has 0 bridgehead atoms. The second kappa shape index (κ2) is 17.2. The molecule has 10 heteroatoms. The van der Waals surface area contributed by atoms with Crippen LogP contribution in [0.4, 0.5) is 0 Å². The Kier molecular flexibility index (Phi) is 9.42. The molecule has 0 amide bonds. The third-order valence-corrected chi connectivity index (χ3v) is 20.2. The van der Waals surface area contributed by atoms with Crippen molar-refractivity contribution in [2.24, 2.45) is 0 Å². The van der Waals surface area contributed by atoms with Crippen molar-refractivity contribution in [1.82, 2.24) is 29.1 Å². The van der Waals surface area contributed by atoms with Crippen LogP contribution in [-0.4, -0.2) is 29.1 Å². The van der Waals surface area contributed by atoms with Crippen LogP contribution in [0.1, 0.15) is 27.8 Å². The molecular formula is C80H44N6O4. The van der Waals surface area contributed by atoms with Crippen molar-refractivity contribution < 1.29 is 0 Å². The molecule has 20 aromatic rings. The number of aromatic nitrogens is 6. The highest BCUT2D eigenvalue weighted by atomic mass is 16.2. The molecule has 0 fully saturated rings. The lowest BCUT2D eigenvalue weighted by Crippen LogP contribution is -2.23. The van der Waals surface area contributed by atoms with Gasteiger partial charge in [-0.2, -0.15) is 0 Å². The quantitative estimate of drug-likeness (QED) is 0.138. The minimum atomic E-state index is -0.366. The Morgan fingerprint density at radius 3 is 1.10 bits per heavy atom. The molecule has 418 valence electrons. The van der Waals surface area contributed by atoms with E-state index in [1.807, 2.05) is 99.6 Å². The van der Waals surface area contributed by atoms with Crippen LogP contribution in [0.25, 0.3) is 185 Å². The number of fused-ring (bicyclic) bond motifs is 6. The van der Waals surface area contributed by atoms with Crippen molar-refractivity contribution >= 4 is 129 Å². The highest BCUT2D eigenvalue weighted by Crippen LogP contribution is 2.57. The molecule has 14 aromatic carbocycles. The number of nitrogens with zero attached hydrogens (tertiary/aromatic N) is 6. The van der Waals surface area contributed by atoms with Gasteiger partial charge in [0.25, 0.3) is 22.2 Å². The number of aryl methyl sites for hydroxylation is 3. The van der Waals surface area contributed by atoms with Gasteiger partial charge in [0.1, 0.15) is 0 Å². The number of hydrogen-bond acceptors (Lipinski definition) is 8. The highest BCUT2D eigenvalue weighted by molar-refractivity contribution is 6.52. The van der Waals surface area contributed by atoms with E-state index in [0.29, 0.717) is 39.3 Å². The first-order valence-corrected chi connectivity index (χ1v) is 30.2. The Bertz CT molecular complexity index is 6470. The maximum absolute atomic E-state index is 16.0. The minimum Gasteiger partial charge on any atom is -0.268 e. The maximum Gasteiger partial charge on any atom is 0.266 e. The summed E-state index contributed by atoms with van der Waals surface area (Å²) in [5.74, 6) is 0. The van der Waals surface area contributed by atoms with E-state index in [1.165, 1.54) is 9.13 Å². The van der Waals surface area contributed by atoms with Gasteiger partial charge in [0.2, 0.25) is 0 Å². The van der Waals surface area contributed by atoms with Crippen molar-refractivity contribution in [2.45, 2.75) is 27.2 Å². The Hall–Kier alpha value is -11.9. The first-order valence-electron chi connectivity index (χ1n) is 30.2. The summed E-state index contributed by atoms with van der Waals surface area (Å²) in [4.78, 5) is 80.4. The molecule has 0 radical (unpaired) electrons. The van der Waals surface area contributed by atoms with Crippen molar-refractivity contribution in [2.75, 3.05) is 0 Å². The molecular weight excluding hydrogens is 1110 g/mol. The average Bonchev–Trinajstić information content (AvgIpc) is 1.51. The molecule has 0 aliphatic rings. The van der Waals surface area contributed by atoms with E-state index in [9.17, 15) is 0 Å². The van der Waals surface area contributed by atoms with Gasteiger partial charge in [-0.3, -0.25) is 39.1 Å². The Labute approximate surface area is 509 Å². The fourth-order valence-electron chi connectivity index (χ4n) is 16.4. The van der Waals surface area contributed by atoms with Crippen LogP contribution in [0.3, 0.4) is 0 Å². The summed E-state index contributed by atoms with van der Waals surface area (Å²) >= 11 is 0. The Morgan fingerprint density at radius 1 is 0.289 bits per heavy atom. The van der Waals surface area contributed by atoms with E-state index in [0.717, 1.165) is 180 Å². The summed E-state index contributed by atoms with van der Waals surface area (Å²) in [5.41, 5.74) is 12.1. The molecule has 0 atom stereocenters. The van der Waals surface area contributed by atoms with Gasteiger partial charge >= 0.3 is 0 Å². The van der Waals surface area contributed by atoms with Crippen LogP contribution in [-0.2, 0) is 6.42 Å². The van der Waals surface area contributed by atoms with E-state index >= 15 is 19.2 Å². The first-order chi connectivity index (χ1) is 44.1. The zero-order chi connectivity index (χ0) is 59.9. The van der Waals surface area contributed by atoms with Crippen molar-refractivity contribution in [3.05, 3.63) is 270 Å². The van der Waals surface area contributed by atoms with Gasteiger partial charge in [-0.15, -0.1) is 0 Å². The molecule has 0 saturated heterocycles. The van der Waals surface area contributed by atoms with E-state index in [2.05, 4.69) is 92.7 Å². The monoisotopic (exact) mass is 1150 g/mol. The topological polar surface area (TPSA) is 130 Å². The lowest BCUT2D eigenvalue weighted by Gasteiger charge is -2.16. The van der Waals surface area contributed by atoms with Gasteiger partial charge in [-0.25, -0.2) is 9.13 Å². The van der Waals surface area contributed by atoms with Crippen molar-refractivity contribution in [3.63, 3.8) is 0 Å². The van der Waals surface area contributed by atoms with Crippen LogP contribution in [0.2, 0.25) is 0 Å². The Balaban J connectivity index is 0.854. The molecule has 10 nitrogen and oxygen atoms in total. The molecule has 0 unspecified atom stereocenters. The summed E-state index contributed by atoms with van der Waals surface area (Å²) < 4.78 is 2.78. The third-order valence-electron chi connectivity index (χ3n) is 20.2. The van der Waals surface area contributed by atoms with Gasteiger partial charge in [-0.05, 0) is 310 Å². The third kappa shape index (κ3) is 6.16. The van der Waals surface area contributed by atoms with Crippen LogP contribution in [0.5, 0.6) is 0 Å². The fraction of sp³-hybridized carbons (Fsp3) is 0.0500. The first kappa shape index (κ1) is 49.3. The van der Waals surface area contributed by atoms with Crippen LogP contribution in [0.15, 0.2) is 220 Å². The van der Waals surface area contributed by atoms with Gasteiger partial charge in [0.05, 0.1) is 32.9 Å². The molecule has 6 aromatic heterocycles. The van der Waals surface area contributed by atoms with Crippen molar-refractivity contribution in [1.29, 1.82) is 0 Å². The number of pyridine rings is 4. The SMILES string of the molecule is Cc1cc(Cc2cc3c(-c4ccncc4)cc4c5c(=O)n(-c6ccc(C)c(C)c6)c(=O)c5c5cc(-c6ccncc6)c6ccc2c2c6c5c4c32)cc(-n2c(=O)c3c4cc(-c5ccncc5)c5ccc6ccc7c(-c8ccncc8)cc(c3c2=O)c2c7c6c5c42)c1. The number of hydrogen-bond donors (Lipinski definition) is 0. The fourth-order valence-corrected chi connectivity index (χ4v) is 16.4. The molecule has 0 aliphatic carbocycles. The average molecular weight is 1150 g/mol. The van der Waals surface area contributed by atoms with Gasteiger partial charge in [-0.1, -0.05) is 48.5 Å². The summed E-state index contributed by atoms with van der Waals surface area (Å²) in [7, 11) is 0. The molecule has 0 saturated carbocycles. The summed E-state index contributed by atoms with van der Waals surface area (Å²) in [6, 6.07) is 51.9. The smallest absolute Gasteiger partial charge is 0.266 e. The molecule has 20 rings (SSSR count). The summed E-state index contributed by atoms with van der Waals surface area (Å²) in [5, 5.41) is 21.2. The largest absolute Gasteiger partial charge is 0.268 e. The lowest BCUT2D eigenvalue weighted by molar-refractivity contribution is 0.982. The summed E-state index contributed by atoms with van der Waals surface area (Å²) in [6.07, 6.45) is 14.8. The summed E-state index contributed by atoms with van der Waals surface area (Å²) in [6.45, 7) is 6.05. The highest BCUT2D eigenvalue weighted by Gasteiger charge is 2.33. The van der Waals surface area contributed by atoms with Crippen LogP contribution < -0.4 is 22.2 Å². The van der Waals surface area contributed by atoms with Crippen LogP contribution in [0, 0.1) is 20.8 Å². The van der Waals surface area contributed by atoms with E-state index in [-0.39, 0.29) is 22.2 Å². The second-order valence-electron chi connectivity index (χ2n) is 24.8. The van der Waals surface area contributed by atoms with Crippen LogP contribution >= 0.6 is 0 Å². The Morgan fingerprint density at radius 2 is 0.656 bits per heavy atom. The molecule has 0 spiro atoms. The molecule has 6 heterocycles. The normalized spacial score (nSPS) is 12.6. The number of benzene rings is 12. The lowest BCUT2D eigenvalue weighted by atomic mass is 9.88. The second-order valence-corrected chi connectivity index (χ2v) is 24.8. The zero-order valence-corrected chi connectivity index (χ0v) is 48.6. The van der Waals surface area contributed by atoms with Gasteiger partial charge < -0.3 is 0 Å². The van der Waals surface area contributed by atoms with Gasteiger partial charge in [0.15, 0.2) is 0 Å². The van der Waals surface area contributed by atoms with E-state index in [1.54, 1.807) is 49.6 Å². The molecule has 0 N–H and O–H groups in total. The number of rotatable bonds is 8.